The average Bonchev–Trinajstić information content (AvgIpc) is 2.46. The number of nitrogens with one attached hydrogen (secondary N) is 1. The van der Waals surface area contributed by atoms with E-state index in [4.69, 9.17) is 11.6 Å². The molecule has 0 heterocycles. The molecule has 0 aliphatic carbocycles. The topological polar surface area (TPSA) is 12.0 Å². The van der Waals surface area contributed by atoms with Crippen molar-refractivity contribution in [3.05, 3.63) is 69.5 Å². The number of hydrogen-bond donors (Lipinski definition) is 1. The smallest absolute Gasteiger partial charge is 0.145 e. The minimum absolute atomic E-state index is 0.00691. The first-order valence-corrected chi connectivity index (χ1v) is 6.88. The quantitative estimate of drug-likeness (QED) is 0.872. The number of aryl methyl sites for hydroxylation is 1. The maximum atomic E-state index is 14.2. The van der Waals surface area contributed by atoms with Gasteiger partial charge < -0.3 is 5.32 Å². The van der Waals surface area contributed by atoms with Crippen LogP contribution in [0.15, 0.2) is 30.3 Å². The lowest BCUT2D eigenvalue weighted by Crippen LogP contribution is -2.22. The molecule has 0 bridgehead atoms. The highest BCUT2D eigenvalue weighted by Crippen LogP contribution is 2.28. The predicted octanol–water partition coefficient (Wildman–Crippen LogP) is 4.57. The summed E-state index contributed by atoms with van der Waals surface area (Å²) in [7, 11) is 1.58. The fourth-order valence-electron chi connectivity index (χ4n) is 2.27. The third-order valence-electron chi connectivity index (χ3n) is 3.47. The molecule has 5 heteroatoms. The zero-order valence-electron chi connectivity index (χ0n) is 11.7. The molecule has 0 radical (unpaired) electrons. The molecule has 2 aromatic carbocycles. The highest BCUT2D eigenvalue weighted by atomic mass is 35.5. The Morgan fingerprint density at radius 1 is 1.10 bits per heavy atom. The molecule has 0 aromatic heterocycles. The fraction of sp³-hybridized carbons (Fsp3) is 0.250. The molecule has 1 atom stereocenters. The summed E-state index contributed by atoms with van der Waals surface area (Å²) >= 11 is 5.73. The van der Waals surface area contributed by atoms with Gasteiger partial charge >= 0.3 is 0 Å². The Morgan fingerprint density at radius 3 is 2.48 bits per heavy atom. The van der Waals surface area contributed by atoms with E-state index >= 15 is 0 Å². The van der Waals surface area contributed by atoms with Crippen LogP contribution in [0.2, 0.25) is 5.02 Å². The third kappa shape index (κ3) is 3.22. The van der Waals surface area contributed by atoms with Gasteiger partial charge in [-0.15, -0.1) is 0 Å². The van der Waals surface area contributed by atoms with Crippen LogP contribution in [0.5, 0.6) is 0 Å². The summed E-state index contributed by atoms with van der Waals surface area (Å²) in [6, 6.07) is 6.50. The van der Waals surface area contributed by atoms with Crippen LogP contribution < -0.4 is 5.32 Å². The third-order valence-corrected chi connectivity index (χ3v) is 3.76. The fourth-order valence-corrected chi connectivity index (χ4v) is 2.47. The van der Waals surface area contributed by atoms with Crippen molar-refractivity contribution in [2.75, 3.05) is 7.05 Å². The average molecular weight is 314 g/mol. The van der Waals surface area contributed by atoms with Gasteiger partial charge in [0, 0.05) is 11.6 Å². The molecule has 0 fully saturated rings. The molecule has 112 valence electrons. The van der Waals surface area contributed by atoms with Crippen molar-refractivity contribution in [2.45, 2.75) is 19.4 Å². The maximum absolute atomic E-state index is 14.2. The Kier molecular flexibility index (Phi) is 4.91. The molecule has 0 aliphatic heterocycles. The largest absolute Gasteiger partial charge is 0.313 e. The molecule has 1 unspecified atom stereocenters. The number of rotatable bonds is 4. The van der Waals surface area contributed by atoms with Gasteiger partial charge in [-0.1, -0.05) is 29.8 Å². The summed E-state index contributed by atoms with van der Waals surface area (Å²) in [6.45, 7) is 1.56. The second-order valence-electron chi connectivity index (χ2n) is 4.85. The van der Waals surface area contributed by atoms with Crippen LogP contribution in [-0.4, -0.2) is 7.05 Å². The number of halogens is 4. The normalized spacial score (nSPS) is 12.5. The molecule has 0 amide bonds. The number of hydrogen-bond acceptors (Lipinski definition) is 1. The van der Waals surface area contributed by atoms with Crippen LogP contribution in [0.4, 0.5) is 13.2 Å². The first-order valence-electron chi connectivity index (χ1n) is 6.50. The number of benzene rings is 2. The summed E-state index contributed by atoms with van der Waals surface area (Å²) in [6.07, 6.45) is 0.0974. The van der Waals surface area contributed by atoms with Crippen LogP contribution >= 0.6 is 11.6 Å². The lowest BCUT2D eigenvalue weighted by Gasteiger charge is -2.19. The van der Waals surface area contributed by atoms with E-state index in [-0.39, 0.29) is 17.0 Å². The standard InChI is InChI=1S/C16H15ClF3N/c1-9-6-7-12(18)14(15(9)19)13(21-2)8-10-4-3-5-11(17)16(10)20/h3-7,13,21H,8H2,1-2H3. The summed E-state index contributed by atoms with van der Waals surface area (Å²) in [5.41, 5.74) is 0.567. The molecule has 1 N–H and O–H groups in total. The van der Waals surface area contributed by atoms with Gasteiger partial charge in [0.2, 0.25) is 0 Å². The lowest BCUT2D eigenvalue weighted by molar-refractivity contribution is 0.479. The minimum atomic E-state index is -0.683. The van der Waals surface area contributed by atoms with Gasteiger partial charge in [0.05, 0.1) is 5.02 Å². The van der Waals surface area contributed by atoms with Crippen molar-refractivity contribution in [3.63, 3.8) is 0 Å². The monoisotopic (exact) mass is 313 g/mol. The molecular weight excluding hydrogens is 299 g/mol. The van der Waals surface area contributed by atoms with Gasteiger partial charge in [0.15, 0.2) is 0 Å². The SMILES string of the molecule is CNC(Cc1cccc(Cl)c1F)c1c(F)ccc(C)c1F. The van der Waals surface area contributed by atoms with E-state index < -0.39 is 23.5 Å². The Labute approximate surface area is 126 Å². The predicted molar refractivity (Wildman–Crippen MR) is 78.0 cm³/mol. The molecule has 0 spiro atoms. The zero-order chi connectivity index (χ0) is 15.6. The Morgan fingerprint density at radius 2 is 1.81 bits per heavy atom. The molecular formula is C16H15ClF3N. The van der Waals surface area contributed by atoms with E-state index in [0.29, 0.717) is 11.1 Å². The van der Waals surface area contributed by atoms with Crippen LogP contribution in [-0.2, 0) is 6.42 Å². The summed E-state index contributed by atoms with van der Waals surface area (Å²) in [5, 5.41) is 2.83. The molecule has 0 saturated heterocycles. The highest BCUT2D eigenvalue weighted by Gasteiger charge is 2.22. The van der Waals surface area contributed by atoms with Gasteiger partial charge in [-0.05, 0) is 43.7 Å². The van der Waals surface area contributed by atoms with E-state index in [1.807, 2.05) is 0 Å². The Hall–Kier alpha value is -1.52. The van der Waals surface area contributed by atoms with Gasteiger partial charge in [-0.2, -0.15) is 0 Å². The van der Waals surface area contributed by atoms with Crippen molar-refractivity contribution in [2.24, 2.45) is 0 Å². The van der Waals surface area contributed by atoms with Crippen molar-refractivity contribution in [1.29, 1.82) is 0 Å². The van der Waals surface area contributed by atoms with Gasteiger partial charge in [-0.25, -0.2) is 13.2 Å². The Balaban J connectivity index is 2.42. The van der Waals surface area contributed by atoms with Gasteiger partial charge in [0.25, 0.3) is 0 Å². The summed E-state index contributed by atoms with van der Waals surface area (Å²) in [4.78, 5) is 0. The minimum Gasteiger partial charge on any atom is -0.313 e. The van der Waals surface area contributed by atoms with Gasteiger partial charge in [0.1, 0.15) is 17.5 Å². The van der Waals surface area contributed by atoms with Crippen molar-refractivity contribution in [1.82, 2.24) is 5.32 Å². The zero-order valence-corrected chi connectivity index (χ0v) is 12.4. The molecule has 0 aliphatic rings. The van der Waals surface area contributed by atoms with E-state index in [1.165, 1.54) is 18.2 Å². The molecule has 21 heavy (non-hydrogen) atoms. The lowest BCUT2D eigenvalue weighted by atomic mass is 9.96. The maximum Gasteiger partial charge on any atom is 0.145 e. The van der Waals surface area contributed by atoms with Gasteiger partial charge in [-0.3, -0.25) is 0 Å². The second-order valence-corrected chi connectivity index (χ2v) is 5.26. The van der Waals surface area contributed by atoms with E-state index in [0.717, 1.165) is 0 Å². The first kappa shape index (κ1) is 15.9. The molecule has 2 rings (SSSR count). The molecule has 2 aromatic rings. The van der Waals surface area contributed by atoms with E-state index in [9.17, 15) is 13.2 Å². The van der Waals surface area contributed by atoms with Crippen molar-refractivity contribution >= 4 is 11.6 Å². The molecule has 0 saturated carbocycles. The van der Waals surface area contributed by atoms with Crippen LogP contribution in [0.1, 0.15) is 22.7 Å². The van der Waals surface area contributed by atoms with Crippen molar-refractivity contribution in [3.8, 4) is 0 Å². The van der Waals surface area contributed by atoms with Crippen LogP contribution in [0.25, 0.3) is 0 Å². The van der Waals surface area contributed by atoms with Crippen LogP contribution in [0, 0.1) is 24.4 Å². The molecule has 1 nitrogen and oxygen atoms in total. The second kappa shape index (κ2) is 6.50. The van der Waals surface area contributed by atoms with Crippen LogP contribution in [0.3, 0.4) is 0 Å². The summed E-state index contributed by atoms with van der Waals surface area (Å²) in [5.74, 6) is -1.83. The van der Waals surface area contributed by atoms with E-state index in [1.54, 1.807) is 26.1 Å². The first-order chi connectivity index (χ1) is 9.95. The van der Waals surface area contributed by atoms with Crippen molar-refractivity contribution < 1.29 is 13.2 Å². The van der Waals surface area contributed by atoms with E-state index in [2.05, 4.69) is 5.32 Å². The highest BCUT2D eigenvalue weighted by molar-refractivity contribution is 6.30. The Bertz CT molecular complexity index is 658. The summed E-state index contributed by atoms with van der Waals surface area (Å²) < 4.78 is 42.1. The number of likely N-dealkylation sites (N-methyl/N-ethyl adjacent to an activating group) is 1.